The number of aromatic nitrogens is 2. The summed E-state index contributed by atoms with van der Waals surface area (Å²) >= 11 is 3.27. The Morgan fingerprint density at radius 2 is 1.84 bits per heavy atom. The van der Waals surface area contributed by atoms with Crippen LogP contribution in [0.4, 0.5) is 5.82 Å². The lowest BCUT2D eigenvalue weighted by Gasteiger charge is -2.22. The van der Waals surface area contributed by atoms with E-state index in [1.54, 1.807) is 6.07 Å². The van der Waals surface area contributed by atoms with Crippen molar-refractivity contribution in [2.24, 2.45) is 0 Å². The Kier molecular flexibility index (Phi) is 3.75. The molecule has 4 nitrogen and oxygen atoms in total. The summed E-state index contributed by atoms with van der Waals surface area (Å²) in [5.41, 5.74) is 6.75. The molecular weight excluding hydrogens is 306 g/mol. The summed E-state index contributed by atoms with van der Waals surface area (Å²) in [6, 6.07) is 9.72. The maximum Gasteiger partial charge on any atom is 0.325 e. The Hall–Kier alpha value is -1.62. The second kappa shape index (κ2) is 5.17. The molecule has 5 heteroatoms. The smallest absolute Gasteiger partial charge is 0.325 e. The topological polar surface area (TPSA) is 61.0 Å². The van der Waals surface area contributed by atoms with Crippen molar-refractivity contribution in [1.82, 2.24) is 9.97 Å². The summed E-state index contributed by atoms with van der Waals surface area (Å²) in [5, 5.41) is 0. The van der Waals surface area contributed by atoms with Crippen molar-refractivity contribution >= 4 is 21.7 Å². The van der Waals surface area contributed by atoms with Gasteiger partial charge in [0.15, 0.2) is 0 Å². The molecule has 0 spiro atoms. The second-order valence-electron chi connectivity index (χ2n) is 5.25. The SMILES string of the molecule is CC(C)(C)c1ccccc1Oc1nc(N)cc(Br)n1. The van der Waals surface area contributed by atoms with Crippen molar-refractivity contribution in [1.29, 1.82) is 0 Å². The van der Waals surface area contributed by atoms with Gasteiger partial charge >= 0.3 is 6.01 Å². The van der Waals surface area contributed by atoms with Crippen LogP contribution in [0.5, 0.6) is 11.8 Å². The number of ether oxygens (including phenoxy) is 1. The van der Waals surface area contributed by atoms with Crippen molar-refractivity contribution < 1.29 is 4.74 Å². The summed E-state index contributed by atoms with van der Waals surface area (Å²) in [6.07, 6.45) is 0. The Morgan fingerprint density at radius 3 is 2.47 bits per heavy atom. The molecule has 0 fully saturated rings. The molecule has 1 aromatic heterocycles. The molecule has 100 valence electrons. The van der Waals surface area contributed by atoms with Gasteiger partial charge in [-0.3, -0.25) is 0 Å². The van der Waals surface area contributed by atoms with E-state index < -0.39 is 0 Å². The quantitative estimate of drug-likeness (QED) is 0.852. The van der Waals surface area contributed by atoms with E-state index in [0.717, 1.165) is 11.3 Å². The van der Waals surface area contributed by atoms with Crippen LogP contribution in [0.1, 0.15) is 26.3 Å². The Balaban J connectivity index is 2.38. The highest BCUT2D eigenvalue weighted by Crippen LogP contribution is 2.33. The highest BCUT2D eigenvalue weighted by Gasteiger charge is 2.19. The summed E-state index contributed by atoms with van der Waals surface area (Å²) in [6.45, 7) is 6.39. The third-order valence-electron chi connectivity index (χ3n) is 2.59. The summed E-state index contributed by atoms with van der Waals surface area (Å²) in [7, 11) is 0. The van der Waals surface area contributed by atoms with Gasteiger partial charge < -0.3 is 10.5 Å². The van der Waals surface area contributed by atoms with Crippen molar-refractivity contribution in [2.75, 3.05) is 5.73 Å². The van der Waals surface area contributed by atoms with Crippen molar-refractivity contribution in [3.05, 3.63) is 40.5 Å². The molecule has 1 aromatic carbocycles. The van der Waals surface area contributed by atoms with Gasteiger partial charge in [-0.1, -0.05) is 39.0 Å². The van der Waals surface area contributed by atoms with E-state index in [4.69, 9.17) is 10.5 Å². The molecule has 0 aliphatic carbocycles. The largest absolute Gasteiger partial charge is 0.424 e. The van der Waals surface area contributed by atoms with E-state index in [9.17, 15) is 0 Å². The third kappa shape index (κ3) is 3.44. The molecule has 0 aliphatic rings. The van der Waals surface area contributed by atoms with Gasteiger partial charge in [0, 0.05) is 11.6 Å². The molecule has 19 heavy (non-hydrogen) atoms. The van der Waals surface area contributed by atoms with Crippen LogP contribution in [-0.4, -0.2) is 9.97 Å². The highest BCUT2D eigenvalue weighted by molar-refractivity contribution is 9.10. The normalized spacial score (nSPS) is 11.4. The van der Waals surface area contributed by atoms with Gasteiger partial charge in [-0.15, -0.1) is 0 Å². The maximum atomic E-state index is 5.77. The fraction of sp³-hybridized carbons (Fsp3) is 0.286. The molecule has 0 unspecified atom stereocenters. The number of halogens is 1. The molecule has 0 amide bonds. The van der Waals surface area contributed by atoms with Crippen LogP contribution < -0.4 is 10.5 Å². The molecule has 0 radical (unpaired) electrons. The van der Waals surface area contributed by atoms with Gasteiger partial charge in [0.05, 0.1) is 0 Å². The molecule has 0 saturated heterocycles. The number of nitrogen functional groups attached to an aromatic ring is 1. The maximum absolute atomic E-state index is 5.77. The van der Waals surface area contributed by atoms with Gasteiger partial charge in [0.25, 0.3) is 0 Å². The lowest BCUT2D eigenvalue weighted by atomic mass is 9.86. The zero-order chi connectivity index (χ0) is 14.0. The average molecular weight is 322 g/mol. The Bertz CT molecular complexity index is 573. The van der Waals surface area contributed by atoms with E-state index in [-0.39, 0.29) is 11.4 Å². The van der Waals surface area contributed by atoms with Crippen LogP contribution in [-0.2, 0) is 5.41 Å². The van der Waals surface area contributed by atoms with E-state index >= 15 is 0 Å². The monoisotopic (exact) mass is 321 g/mol. The number of hydrogen-bond acceptors (Lipinski definition) is 4. The minimum absolute atomic E-state index is 0.0197. The van der Waals surface area contributed by atoms with E-state index in [2.05, 4.69) is 46.7 Å². The van der Waals surface area contributed by atoms with Gasteiger partial charge in [-0.05, 0) is 27.4 Å². The first-order valence-electron chi connectivity index (χ1n) is 5.94. The van der Waals surface area contributed by atoms with Crippen LogP contribution >= 0.6 is 15.9 Å². The van der Waals surface area contributed by atoms with Crippen LogP contribution in [0, 0.1) is 0 Å². The van der Waals surface area contributed by atoms with Crippen LogP contribution in [0.25, 0.3) is 0 Å². The van der Waals surface area contributed by atoms with Crippen molar-refractivity contribution in [2.45, 2.75) is 26.2 Å². The predicted octanol–water partition coefficient (Wildman–Crippen LogP) is 3.91. The summed E-state index contributed by atoms with van der Waals surface area (Å²) in [4.78, 5) is 8.22. The molecule has 2 aromatic rings. The molecular formula is C14H16BrN3O. The van der Waals surface area contributed by atoms with Gasteiger partial charge in [0.1, 0.15) is 16.2 Å². The van der Waals surface area contributed by atoms with Crippen LogP contribution in [0.15, 0.2) is 34.9 Å². The van der Waals surface area contributed by atoms with E-state index in [1.807, 2.05) is 24.3 Å². The first-order chi connectivity index (χ1) is 8.86. The summed E-state index contributed by atoms with van der Waals surface area (Å²) in [5.74, 6) is 1.11. The molecule has 0 aliphatic heterocycles. The minimum Gasteiger partial charge on any atom is -0.424 e. The fourth-order valence-electron chi connectivity index (χ4n) is 1.73. The molecule has 2 rings (SSSR count). The molecule has 0 bridgehead atoms. The fourth-order valence-corrected chi connectivity index (χ4v) is 2.12. The molecule has 2 N–H and O–H groups in total. The molecule has 0 atom stereocenters. The number of hydrogen-bond donors (Lipinski definition) is 1. The number of para-hydroxylation sites is 1. The van der Waals surface area contributed by atoms with Crippen molar-refractivity contribution in [3.8, 4) is 11.8 Å². The zero-order valence-corrected chi connectivity index (χ0v) is 12.7. The first-order valence-corrected chi connectivity index (χ1v) is 6.73. The molecule has 1 heterocycles. The molecule has 0 saturated carbocycles. The number of nitrogens with two attached hydrogens (primary N) is 1. The Labute approximate surface area is 121 Å². The minimum atomic E-state index is -0.0197. The lowest BCUT2D eigenvalue weighted by molar-refractivity contribution is 0.422. The number of benzene rings is 1. The number of anilines is 1. The number of rotatable bonds is 2. The van der Waals surface area contributed by atoms with Gasteiger partial charge in [-0.2, -0.15) is 9.97 Å². The van der Waals surface area contributed by atoms with Crippen LogP contribution in [0.2, 0.25) is 0 Å². The van der Waals surface area contributed by atoms with Crippen LogP contribution in [0.3, 0.4) is 0 Å². The highest BCUT2D eigenvalue weighted by atomic mass is 79.9. The third-order valence-corrected chi connectivity index (χ3v) is 3.00. The lowest BCUT2D eigenvalue weighted by Crippen LogP contribution is -2.12. The van der Waals surface area contributed by atoms with Gasteiger partial charge in [-0.25, -0.2) is 0 Å². The second-order valence-corrected chi connectivity index (χ2v) is 6.06. The van der Waals surface area contributed by atoms with Crippen molar-refractivity contribution in [3.63, 3.8) is 0 Å². The predicted molar refractivity (Wildman–Crippen MR) is 79.4 cm³/mol. The zero-order valence-electron chi connectivity index (χ0n) is 11.1. The average Bonchev–Trinajstić information content (AvgIpc) is 2.26. The summed E-state index contributed by atoms with van der Waals surface area (Å²) < 4.78 is 6.37. The Morgan fingerprint density at radius 1 is 1.16 bits per heavy atom. The number of nitrogens with zero attached hydrogens (tertiary/aromatic N) is 2. The first kappa shape index (κ1) is 13.8. The van der Waals surface area contributed by atoms with E-state index in [1.165, 1.54) is 0 Å². The standard InChI is InChI=1S/C14H16BrN3O/c1-14(2,3)9-6-4-5-7-10(9)19-13-17-11(15)8-12(16)18-13/h4-8H,1-3H3,(H2,16,17,18). The van der Waals surface area contributed by atoms with Gasteiger partial charge in [0.2, 0.25) is 0 Å². The van der Waals surface area contributed by atoms with E-state index in [0.29, 0.717) is 10.4 Å².